The third-order valence-electron chi connectivity index (χ3n) is 5.60. The highest BCUT2D eigenvalue weighted by Gasteiger charge is 2.18. The number of hydrogen-bond acceptors (Lipinski definition) is 7. The van der Waals surface area contributed by atoms with Gasteiger partial charge >= 0.3 is 0 Å². The summed E-state index contributed by atoms with van der Waals surface area (Å²) in [6, 6.07) is 11.3. The number of hydroxylamine groups is 1. The summed E-state index contributed by atoms with van der Waals surface area (Å²) in [5, 5.41) is 11.5. The summed E-state index contributed by atoms with van der Waals surface area (Å²) in [6.45, 7) is 3.55. The van der Waals surface area contributed by atoms with Crippen LogP contribution in [0.1, 0.15) is 37.0 Å². The Labute approximate surface area is 217 Å². The quantitative estimate of drug-likeness (QED) is 0.205. The highest BCUT2D eigenvalue weighted by molar-refractivity contribution is 9.11. The molecule has 3 rings (SSSR count). The predicted molar refractivity (Wildman–Crippen MR) is 139 cm³/mol. The molecule has 1 aromatic carbocycles. The molecule has 1 saturated heterocycles. The maximum absolute atomic E-state index is 13.1. The Morgan fingerprint density at radius 1 is 1.00 bits per heavy atom. The van der Waals surface area contributed by atoms with Gasteiger partial charge in [-0.15, -0.1) is 11.3 Å². The second kappa shape index (κ2) is 14.3. The molecule has 190 valence electrons. The van der Waals surface area contributed by atoms with E-state index < -0.39 is 5.91 Å². The summed E-state index contributed by atoms with van der Waals surface area (Å²) in [7, 11) is 0. The number of nitrogens with one attached hydrogen (secondary N) is 2. The van der Waals surface area contributed by atoms with Crippen molar-refractivity contribution in [2.75, 3.05) is 43.1 Å². The van der Waals surface area contributed by atoms with E-state index in [4.69, 9.17) is 9.94 Å². The minimum absolute atomic E-state index is 0.00904. The van der Waals surface area contributed by atoms with Gasteiger partial charge in [-0.2, -0.15) is 0 Å². The van der Waals surface area contributed by atoms with E-state index >= 15 is 0 Å². The second-order valence-electron chi connectivity index (χ2n) is 8.26. The van der Waals surface area contributed by atoms with Crippen LogP contribution in [0.2, 0.25) is 0 Å². The number of anilines is 2. The summed E-state index contributed by atoms with van der Waals surface area (Å²) in [4.78, 5) is 41.5. The van der Waals surface area contributed by atoms with E-state index in [0.29, 0.717) is 57.7 Å². The maximum Gasteiger partial charge on any atom is 0.243 e. The van der Waals surface area contributed by atoms with Crippen LogP contribution in [0.15, 0.2) is 40.2 Å². The molecule has 2 aromatic rings. The number of amides is 3. The smallest absolute Gasteiger partial charge is 0.243 e. The fourth-order valence-electron chi connectivity index (χ4n) is 3.73. The molecule has 0 spiro atoms. The molecule has 1 aromatic heterocycles. The van der Waals surface area contributed by atoms with Gasteiger partial charge in [0.1, 0.15) is 0 Å². The lowest BCUT2D eigenvalue weighted by Gasteiger charge is -2.26. The fraction of sp³-hybridized carbons (Fsp3) is 0.458. The van der Waals surface area contributed by atoms with Crippen molar-refractivity contribution >= 4 is 56.4 Å². The van der Waals surface area contributed by atoms with Crippen LogP contribution < -0.4 is 15.7 Å². The van der Waals surface area contributed by atoms with Crippen molar-refractivity contribution < 1.29 is 24.3 Å². The van der Waals surface area contributed by atoms with Crippen LogP contribution in [0.4, 0.5) is 11.4 Å². The molecule has 0 aliphatic carbocycles. The van der Waals surface area contributed by atoms with Crippen molar-refractivity contribution in [1.82, 2.24) is 10.4 Å². The van der Waals surface area contributed by atoms with Crippen molar-refractivity contribution in [2.24, 2.45) is 0 Å². The van der Waals surface area contributed by atoms with Crippen molar-refractivity contribution in [3.05, 3.63) is 45.1 Å². The highest BCUT2D eigenvalue weighted by Crippen LogP contribution is 2.27. The van der Waals surface area contributed by atoms with E-state index in [-0.39, 0.29) is 18.2 Å². The Morgan fingerprint density at radius 3 is 2.37 bits per heavy atom. The molecule has 0 bridgehead atoms. The van der Waals surface area contributed by atoms with Gasteiger partial charge in [-0.25, -0.2) is 5.48 Å². The van der Waals surface area contributed by atoms with Gasteiger partial charge in [0.15, 0.2) is 0 Å². The molecular formula is C24H31BrN4O5S. The minimum atomic E-state index is -0.418. The van der Waals surface area contributed by atoms with Crippen molar-refractivity contribution in [1.29, 1.82) is 0 Å². The van der Waals surface area contributed by atoms with Crippen LogP contribution in [0.5, 0.6) is 0 Å². The summed E-state index contributed by atoms with van der Waals surface area (Å²) in [6.07, 6.45) is 2.56. The van der Waals surface area contributed by atoms with E-state index in [0.717, 1.165) is 27.4 Å². The molecule has 11 heteroatoms. The molecule has 1 aliphatic rings. The number of carbonyl (C=O) groups is 3. The second-order valence-corrected chi connectivity index (χ2v) is 10.8. The molecule has 1 aliphatic heterocycles. The number of hydrogen-bond donors (Lipinski definition) is 3. The minimum Gasteiger partial charge on any atom is -0.379 e. The van der Waals surface area contributed by atoms with E-state index in [1.54, 1.807) is 21.7 Å². The van der Waals surface area contributed by atoms with Gasteiger partial charge < -0.3 is 15.0 Å². The number of nitrogens with zero attached hydrogens (tertiary/aromatic N) is 2. The third kappa shape index (κ3) is 9.34. The van der Waals surface area contributed by atoms with E-state index in [2.05, 4.69) is 26.1 Å². The average Bonchev–Trinajstić information content (AvgIpc) is 3.27. The monoisotopic (exact) mass is 566 g/mol. The van der Waals surface area contributed by atoms with E-state index in [1.165, 1.54) is 0 Å². The summed E-state index contributed by atoms with van der Waals surface area (Å²) in [5.41, 5.74) is 3.06. The SMILES string of the molecule is O=C(CCCCCC(=O)N(Cc1ccc(Br)s1)c1ccc(NC(=O)CN2CCOCC2)cc1)NO. The molecule has 1 fully saturated rings. The largest absolute Gasteiger partial charge is 0.379 e. The van der Waals surface area contributed by atoms with Crippen molar-refractivity contribution in [3.8, 4) is 0 Å². The standard InChI is InChI=1S/C24H31BrN4O5S/c25-21-11-10-20(35-21)16-29(24(32)5-3-1-2-4-22(30)27-33)19-8-6-18(7-9-19)26-23(31)17-28-12-14-34-15-13-28/h6-11,33H,1-5,12-17H2,(H,26,31)(H,27,30). The Kier molecular flexibility index (Phi) is 11.1. The van der Waals surface area contributed by atoms with E-state index in [9.17, 15) is 14.4 Å². The first-order valence-corrected chi connectivity index (χ1v) is 13.2. The van der Waals surface area contributed by atoms with E-state index in [1.807, 2.05) is 36.4 Å². The zero-order valence-corrected chi connectivity index (χ0v) is 21.9. The van der Waals surface area contributed by atoms with Gasteiger partial charge in [-0.05, 0) is 65.2 Å². The number of morpholine rings is 1. The molecule has 0 unspecified atom stereocenters. The first kappa shape index (κ1) is 27.3. The van der Waals surface area contributed by atoms with Crippen molar-refractivity contribution in [3.63, 3.8) is 0 Å². The summed E-state index contributed by atoms with van der Waals surface area (Å²) >= 11 is 5.05. The van der Waals surface area contributed by atoms with Crippen LogP contribution in [0.3, 0.4) is 0 Å². The lowest BCUT2D eigenvalue weighted by Crippen LogP contribution is -2.41. The van der Waals surface area contributed by atoms with Gasteiger partial charge in [-0.3, -0.25) is 24.5 Å². The highest BCUT2D eigenvalue weighted by atomic mass is 79.9. The van der Waals surface area contributed by atoms with Crippen LogP contribution in [-0.2, 0) is 25.7 Å². The van der Waals surface area contributed by atoms with Crippen molar-refractivity contribution in [2.45, 2.75) is 38.6 Å². The lowest BCUT2D eigenvalue weighted by molar-refractivity contribution is -0.129. The van der Waals surface area contributed by atoms with Gasteiger partial charge in [0.05, 0.1) is 30.1 Å². The zero-order chi connectivity index (χ0) is 25.0. The van der Waals surface area contributed by atoms with Crippen LogP contribution in [-0.4, -0.2) is 60.7 Å². The molecular weight excluding hydrogens is 536 g/mol. The molecule has 0 atom stereocenters. The van der Waals surface area contributed by atoms with Gasteiger partial charge in [0.25, 0.3) is 0 Å². The normalized spacial score (nSPS) is 13.9. The Bertz CT molecular complexity index is 979. The number of ether oxygens (including phenoxy) is 1. The Morgan fingerprint density at radius 2 is 1.71 bits per heavy atom. The third-order valence-corrected chi connectivity index (χ3v) is 7.21. The van der Waals surface area contributed by atoms with Crippen LogP contribution in [0, 0.1) is 0 Å². The van der Waals surface area contributed by atoms with Crippen LogP contribution in [0.25, 0.3) is 0 Å². The number of carbonyl (C=O) groups excluding carboxylic acids is 3. The lowest BCUT2D eigenvalue weighted by atomic mass is 10.1. The molecule has 0 radical (unpaired) electrons. The topological polar surface area (TPSA) is 111 Å². The number of unbranched alkanes of at least 4 members (excludes halogenated alkanes) is 2. The summed E-state index contributed by atoms with van der Waals surface area (Å²) in [5.74, 6) is -0.505. The number of benzene rings is 1. The average molecular weight is 568 g/mol. The fourth-order valence-corrected chi connectivity index (χ4v) is 5.21. The Balaban J connectivity index is 1.58. The van der Waals surface area contributed by atoms with Gasteiger partial charge in [-0.1, -0.05) is 6.42 Å². The zero-order valence-electron chi connectivity index (χ0n) is 19.5. The molecule has 3 amide bonds. The summed E-state index contributed by atoms with van der Waals surface area (Å²) < 4.78 is 6.32. The number of rotatable bonds is 12. The predicted octanol–water partition coefficient (Wildman–Crippen LogP) is 3.77. The molecule has 2 heterocycles. The molecule has 0 saturated carbocycles. The Hall–Kier alpha value is -2.31. The van der Waals surface area contributed by atoms with Crippen LogP contribution >= 0.6 is 27.3 Å². The number of halogens is 1. The first-order chi connectivity index (χ1) is 16.9. The van der Waals surface area contributed by atoms with Gasteiger partial charge in [0, 0.05) is 42.2 Å². The molecule has 35 heavy (non-hydrogen) atoms. The van der Waals surface area contributed by atoms with Gasteiger partial charge in [0.2, 0.25) is 17.7 Å². The number of thiophene rings is 1. The molecule has 9 nitrogen and oxygen atoms in total. The molecule has 3 N–H and O–H groups in total. The first-order valence-electron chi connectivity index (χ1n) is 11.6. The maximum atomic E-state index is 13.1.